The number of Topliss-reactive ketones (excluding diaryl/α,β-unsaturated/α-hetero) is 2. The quantitative estimate of drug-likeness (QED) is 0.657. The molecule has 0 bridgehead atoms. The summed E-state index contributed by atoms with van der Waals surface area (Å²) in [6.45, 7) is 8.72. The average Bonchev–Trinajstić information content (AvgIpc) is 3.28. The highest BCUT2D eigenvalue weighted by molar-refractivity contribution is 7.21. The van der Waals surface area contributed by atoms with Crippen molar-refractivity contribution in [2.24, 2.45) is 0 Å². The second-order valence-electron chi connectivity index (χ2n) is 8.93. The Morgan fingerprint density at radius 1 is 0.967 bits per heavy atom. The molecule has 3 heterocycles. The third kappa shape index (κ3) is 3.52. The summed E-state index contributed by atoms with van der Waals surface area (Å²) in [5.41, 5.74) is 4.65. The van der Waals surface area contributed by atoms with Gasteiger partial charge in [-0.25, -0.2) is 0 Å². The van der Waals surface area contributed by atoms with E-state index in [1.807, 2.05) is 6.08 Å². The molecule has 4 nitrogen and oxygen atoms in total. The second-order valence-corrected chi connectivity index (χ2v) is 9.93. The summed E-state index contributed by atoms with van der Waals surface area (Å²) < 4.78 is 2.42. The number of likely N-dealkylation sites (tertiary alicyclic amines) is 1. The summed E-state index contributed by atoms with van der Waals surface area (Å²) >= 11 is 1.68. The number of rotatable bonds is 3. The van der Waals surface area contributed by atoms with Crippen molar-refractivity contribution >= 4 is 44.8 Å². The molecule has 0 saturated carbocycles. The molecule has 158 valence electrons. The van der Waals surface area contributed by atoms with Crippen LogP contribution in [0.3, 0.4) is 0 Å². The lowest BCUT2D eigenvalue weighted by atomic mass is 9.97. The van der Waals surface area contributed by atoms with Crippen LogP contribution in [0.4, 0.5) is 0 Å². The first-order valence-corrected chi connectivity index (χ1v) is 12.2. The number of thiophene rings is 1. The fraction of sp³-hybridized carbons (Fsp3) is 0.520. The molecule has 5 heteroatoms. The van der Waals surface area contributed by atoms with Crippen LogP contribution in [-0.4, -0.2) is 40.7 Å². The van der Waals surface area contributed by atoms with Crippen molar-refractivity contribution in [1.82, 2.24) is 9.47 Å². The first-order valence-electron chi connectivity index (χ1n) is 11.4. The Balaban J connectivity index is 1.60. The molecule has 2 aromatic rings. The van der Waals surface area contributed by atoms with Crippen molar-refractivity contribution in [3.05, 3.63) is 34.4 Å². The van der Waals surface area contributed by atoms with E-state index in [-0.39, 0.29) is 5.78 Å². The summed E-state index contributed by atoms with van der Waals surface area (Å²) in [6, 6.07) is 0. The van der Waals surface area contributed by atoms with Gasteiger partial charge in [0.25, 0.3) is 0 Å². The molecule has 1 fully saturated rings. The van der Waals surface area contributed by atoms with E-state index in [4.69, 9.17) is 0 Å². The van der Waals surface area contributed by atoms with Crippen molar-refractivity contribution in [3.63, 3.8) is 0 Å². The SMILES string of the molecule is C=C1CCC(=O)C/C=C\c2c1c1c3c(sc1n2CCN1CCCCCC1)C(=O)CC3. The molecule has 0 spiro atoms. The van der Waals surface area contributed by atoms with Gasteiger partial charge in [0.1, 0.15) is 10.6 Å². The van der Waals surface area contributed by atoms with Gasteiger partial charge in [-0.15, -0.1) is 11.3 Å². The van der Waals surface area contributed by atoms with Crippen LogP contribution in [0.1, 0.15) is 77.9 Å². The summed E-state index contributed by atoms with van der Waals surface area (Å²) in [7, 11) is 0. The number of aromatic nitrogens is 1. The predicted octanol–water partition coefficient (Wildman–Crippen LogP) is 5.49. The van der Waals surface area contributed by atoms with Gasteiger partial charge in [-0.05, 0) is 56.0 Å². The van der Waals surface area contributed by atoms with Crippen molar-refractivity contribution in [3.8, 4) is 0 Å². The highest BCUT2D eigenvalue weighted by Crippen LogP contribution is 2.45. The Bertz CT molecular complexity index is 1050. The second kappa shape index (κ2) is 8.27. The van der Waals surface area contributed by atoms with E-state index >= 15 is 0 Å². The first-order chi connectivity index (χ1) is 14.6. The number of hydrogen-bond donors (Lipinski definition) is 0. The minimum absolute atomic E-state index is 0.274. The summed E-state index contributed by atoms with van der Waals surface area (Å²) in [6.07, 6.45) is 12.7. The van der Waals surface area contributed by atoms with Crippen molar-refractivity contribution in [1.29, 1.82) is 0 Å². The van der Waals surface area contributed by atoms with E-state index in [9.17, 15) is 9.59 Å². The van der Waals surface area contributed by atoms with Gasteiger partial charge in [0, 0.05) is 49.0 Å². The normalized spacial score (nSPS) is 21.8. The lowest BCUT2D eigenvalue weighted by Crippen LogP contribution is -2.28. The number of ketones is 2. The van der Waals surface area contributed by atoms with E-state index in [0.717, 1.165) is 30.0 Å². The van der Waals surface area contributed by atoms with Crippen molar-refractivity contribution < 1.29 is 9.59 Å². The summed E-state index contributed by atoms with van der Waals surface area (Å²) in [5, 5.41) is 1.25. The Labute approximate surface area is 182 Å². The number of carbonyl (C=O) groups excluding carboxylic acids is 2. The van der Waals surface area contributed by atoms with Gasteiger partial charge in [-0.1, -0.05) is 25.5 Å². The molecule has 0 aromatic carbocycles. The van der Waals surface area contributed by atoms with Gasteiger partial charge < -0.3 is 9.47 Å². The Hall–Kier alpha value is -1.98. The standard InChI is InChI=1S/C25H30N2O2S/c1-17-9-10-18(28)7-6-8-20-22(17)23-19-11-12-21(29)24(19)30-25(23)27(20)16-15-26-13-4-2-3-5-14-26/h6,8H,1-5,7,9-16H2/b8-6-. The zero-order chi connectivity index (χ0) is 20.7. The lowest BCUT2D eigenvalue weighted by molar-refractivity contribution is -0.118. The van der Waals surface area contributed by atoms with Gasteiger partial charge >= 0.3 is 0 Å². The number of allylic oxidation sites excluding steroid dienone is 2. The zero-order valence-electron chi connectivity index (χ0n) is 17.7. The highest BCUT2D eigenvalue weighted by atomic mass is 32.1. The fourth-order valence-electron chi connectivity index (χ4n) is 5.26. The molecule has 2 aromatic heterocycles. The van der Waals surface area contributed by atoms with E-state index in [1.54, 1.807) is 11.3 Å². The van der Waals surface area contributed by atoms with Crippen molar-refractivity contribution in [2.45, 2.75) is 64.3 Å². The number of fused-ring (bicyclic) bond motifs is 5. The predicted molar refractivity (Wildman–Crippen MR) is 124 cm³/mol. The van der Waals surface area contributed by atoms with E-state index in [2.05, 4.69) is 22.1 Å². The molecular weight excluding hydrogens is 392 g/mol. The Kier molecular flexibility index (Phi) is 5.50. The number of carbonyl (C=O) groups is 2. The number of aryl methyl sites for hydroxylation is 1. The topological polar surface area (TPSA) is 42.3 Å². The molecule has 30 heavy (non-hydrogen) atoms. The minimum Gasteiger partial charge on any atom is -0.331 e. The Morgan fingerprint density at radius 3 is 2.57 bits per heavy atom. The van der Waals surface area contributed by atoms with E-state index < -0.39 is 0 Å². The smallest absolute Gasteiger partial charge is 0.173 e. The first kappa shape index (κ1) is 20.0. The van der Waals surface area contributed by atoms with Crippen LogP contribution in [0.5, 0.6) is 0 Å². The van der Waals surface area contributed by atoms with Crippen LogP contribution in [0, 0.1) is 0 Å². The molecule has 0 unspecified atom stereocenters. The van der Waals surface area contributed by atoms with Crippen LogP contribution in [0.15, 0.2) is 12.7 Å². The fourth-order valence-corrected chi connectivity index (χ4v) is 6.63. The van der Waals surface area contributed by atoms with E-state index in [0.29, 0.717) is 31.5 Å². The largest absolute Gasteiger partial charge is 0.331 e. The summed E-state index contributed by atoms with van der Waals surface area (Å²) in [5.74, 6) is 0.564. The molecule has 1 saturated heterocycles. The molecule has 1 aliphatic heterocycles. The minimum atomic E-state index is 0.274. The van der Waals surface area contributed by atoms with Gasteiger partial charge in [0.15, 0.2) is 5.78 Å². The molecule has 3 aliphatic rings. The zero-order valence-corrected chi connectivity index (χ0v) is 18.5. The maximum atomic E-state index is 12.5. The average molecular weight is 423 g/mol. The molecule has 2 aliphatic carbocycles. The van der Waals surface area contributed by atoms with Crippen LogP contribution in [0.25, 0.3) is 21.9 Å². The lowest BCUT2D eigenvalue weighted by Gasteiger charge is -2.21. The maximum Gasteiger partial charge on any atom is 0.173 e. The number of nitrogens with zero attached hydrogens (tertiary/aromatic N) is 2. The summed E-state index contributed by atoms with van der Waals surface area (Å²) in [4.78, 5) is 29.4. The number of hydrogen-bond acceptors (Lipinski definition) is 4. The van der Waals surface area contributed by atoms with Crippen molar-refractivity contribution in [2.75, 3.05) is 19.6 Å². The van der Waals surface area contributed by atoms with E-state index in [1.165, 1.54) is 65.8 Å². The maximum absolute atomic E-state index is 12.5. The monoisotopic (exact) mass is 422 g/mol. The molecule has 0 amide bonds. The Morgan fingerprint density at radius 2 is 1.77 bits per heavy atom. The highest BCUT2D eigenvalue weighted by Gasteiger charge is 2.31. The molecular formula is C25H30N2O2S. The third-order valence-electron chi connectivity index (χ3n) is 6.90. The van der Waals surface area contributed by atoms with Gasteiger partial charge in [0.2, 0.25) is 0 Å². The molecule has 0 radical (unpaired) electrons. The third-order valence-corrected chi connectivity index (χ3v) is 8.20. The molecule has 0 atom stereocenters. The molecule has 5 rings (SSSR count). The van der Waals surface area contributed by atoms with Gasteiger partial charge in [-0.3, -0.25) is 9.59 Å². The van der Waals surface area contributed by atoms with Gasteiger partial charge in [-0.2, -0.15) is 0 Å². The van der Waals surface area contributed by atoms with Crippen LogP contribution in [0.2, 0.25) is 0 Å². The van der Waals surface area contributed by atoms with Crippen LogP contribution < -0.4 is 0 Å². The van der Waals surface area contributed by atoms with Gasteiger partial charge in [0.05, 0.1) is 4.88 Å². The molecule has 0 N–H and O–H groups in total. The van der Waals surface area contributed by atoms with Crippen LogP contribution in [-0.2, 0) is 17.8 Å². The van der Waals surface area contributed by atoms with Crippen LogP contribution >= 0.6 is 11.3 Å².